The van der Waals surface area contributed by atoms with Crippen molar-refractivity contribution in [1.29, 1.82) is 0 Å². The second-order valence-corrected chi connectivity index (χ2v) is 10.7. The molecule has 0 unspecified atom stereocenters. The molecule has 1 aliphatic heterocycles. The number of methoxy groups -OCH3 is 3. The third kappa shape index (κ3) is 4.84. The molecule has 3 aromatic rings. The Hall–Kier alpha value is -4.59. The van der Waals surface area contributed by atoms with Gasteiger partial charge >= 0.3 is 5.97 Å². The number of hydrogen-bond acceptors (Lipinski definition) is 7. The summed E-state index contributed by atoms with van der Waals surface area (Å²) in [5.41, 5.74) is 5.03. The van der Waals surface area contributed by atoms with E-state index in [0.717, 1.165) is 41.0 Å². The summed E-state index contributed by atoms with van der Waals surface area (Å²) in [6.45, 7) is 0. The molecule has 6 rings (SSSR count). The van der Waals surface area contributed by atoms with Crippen LogP contribution in [0.25, 0.3) is 0 Å². The predicted octanol–water partition coefficient (Wildman–Crippen LogP) is 5.80. The molecule has 1 N–H and O–H groups in total. The van der Waals surface area contributed by atoms with Crippen LogP contribution in [0.2, 0.25) is 0 Å². The Morgan fingerprint density at radius 2 is 1.56 bits per heavy atom. The standard InChI is InChI=1S/C33H32N2O6/c1-39-28-15-14-22(18-29(28)40-2)23-16-25-30(27(36)17-23)31(19-8-12-21(13-9-19)33(38)41-3)35(32(37)20-10-11-20)26-7-5-4-6-24(26)34-25/h4-9,12-15,18,20,23,31,34H,10-11,16-17H2,1-3H3/t23-,31+/m1/s1. The molecule has 0 spiro atoms. The van der Waals surface area contributed by atoms with Gasteiger partial charge < -0.3 is 19.5 Å². The lowest BCUT2D eigenvalue weighted by molar-refractivity contribution is -0.120. The minimum absolute atomic E-state index is 0.00450. The van der Waals surface area contributed by atoms with Gasteiger partial charge in [-0.25, -0.2) is 4.79 Å². The van der Waals surface area contributed by atoms with Crippen LogP contribution in [0.15, 0.2) is 78.0 Å². The van der Waals surface area contributed by atoms with Crippen molar-refractivity contribution >= 4 is 29.0 Å². The summed E-state index contributed by atoms with van der Waals surface area (Å²) >= 11 is 0. The highest BCUT2D eigenvalue weighted by molar-refractivity contribution is 6.07. The average Bonchev–Trinajstić information content (AvgIpc) is 3.86. The highest BCUT2D eigenvalue weighted by atomic mass is 16.5. The van der Waals surface area contributed by atoms with Crippen LogP contribution < -0.4 is 19.7 Å². The van der Waals surface area contributed by atoms with E-state index in [1.54, 1.807) is 31.3 Å². The van der Waals surface area contributed by atoms with E-state index in [0.29, 0.717) is 29.1 Å². The predicted molar refractivity (Wildman–Crippen MR) is 154 cm³/mol. The summed E-state index contributed by atoms with van der Waals surface area (Å²) < 4.78 is 15.8. The number of allylic oxidation sites excluding steroid dienone is 1. The molecule has 1 heterocycles. The van der Waals surface area contributed by atoms with Gasteiger partial charge in [0.15, 0.2) is 17.3 Å². The van der Waals surface area contributed by atoms with Crippen molar-refractivity contribution in [2.45, 2.75) is 37.6 Å². The SMILES string of the molecule is COC(=O)c1ccc([C@H]2C3=C(C[C@@H](c4ccc(OC)c(OC)c4)CC3=O)Nc3ccccc3N2C(=O)C2CC2)cc1. The molecule has 0 saturated heterocycles. The van der Waals surface area contributed by atoms with E-state index >= 15 is 0 Å². The van der Waals surface area contributed by atoms with E-state index in [2.05, 4.69) is 5.32 Å². The molecule has 0 bridgehead atoms. The van der Waals surface area contributed by atoms with Crippen LogP contribution in [0.3, 0.4) is 0 Å². The van der Waals surface area contributed by atoms with Crippen molar-refractivity contribution in [1.82, 2.24) is 0 Å². The maximum Gasteiger partial charge on any atom is 0.337 e. The summed E-state index contributed by atoms with van der Waals surface area (Å²) in [6, 6.07) is 19.8. The maximum absolute atomic E-state index is 14.2. The lowest BCUT2D eigenvalue weighted by atomic mass is 9.78. The van der Waals surface area contributed by atoms with Gasteiger partial charge in [-0.3, -0.25) is 14.5 Å². The monoisotopic (exact) mass is 552 g/mol. The Labute approximate surface area is 238 Å². The van der Waals surface area contributed by atoms with Gasteiger partial charge in [0.05, 0.1) is 44.3 Å². The Bertz CT molecular complexity index is 1560. The number of rotatable bonds is 6. The van der Waals surface area contributed by atoms with E-state index in [1.165, 1.54) is 7.11 Å². The molecule has 0 radical (unpaired) electrons. The number of amides is 1. The molecule has 8 nitrogen and oxygen atoms in total. The highest BCUT2D eigenvalue weighted by Gasteiger charge is 2.45. The number of esters is 1. The number of carbonyl (C=O) groups is 3. The molecular weight excluding hydrogens is 520 g/mol. The van der Waals surface area contributed by atoms with Crippen molar-refractivity contribution in [2.75, 3.05) is 31.5 Å². The first-order valence-electron chi connectivity index (χ1n) is 13.8. The van der Waals surface area contributed by atoms with Crippen LogP contribution in [0.5, 0.6) is 11.5 Å². The number of Topliss-reactive ketones (excluding diaryl/α,β-unsaturated/α-hetero) is 1. The number of para-hydroxylation sites is 2. The number of ketones is 1. The van der Waals surface area contributed by atoms with Gasteiger partial charge in [0.25, 0.3) is 0 Å². The molecule has 2 atom stereocenters. The van der Waals surface area contributed by atoms with Crippen LogP contribution in [-0.2, 0) is 14.3 Å². The Morgan fingerprint density at radius 3 is 2.24 bits per heavy atom. The van der Waals surface area contributed by atoms with Gasteiger partial charge in [0, 0.05) is 23.6 Å². The third-order valence-electron chi connectivity index (χ3n) is 8.18. The molecule has 41 heavy (non-hydrogen) atoms. The van der Waals surface area contributed by atoms with E-state index in [9.17, 15) is 14.4 Å². The van der Waals surface area contributed by atoms with Crippen molar-refractivity contribution < 1.29 is 28.6 Å². The molecular formula is C33H32N2O6. The third-order valence-corrected chi connectivity index (χ3v) is 8.18. The number of hydrogen-bond donors (Lipinski definition) is 1. The number of carbonyl (C=O) groups excluding carboxylic acids is 3. The molecule has 0 aromatic heterocycles. The summed E-state index contributed by atoms with van der Waals surface area (Å²) in [6.07, 6.45) is 2.53. The average molecular weight is 553 g/mol. The number of benzene rings is 3. The van der Waals surface area contributed by atoms with E-state index in [4.69, 9.17) is 14.2 Å². The largest absolute Gasteiger partial charge is 0.493 e. The Morgan fingerprint density at radius 1 is 0.854 bits per heavy atom. The molecule has 3 aromatic carbocycles. The number of ether oxygens (including phenoxy) is 3. The number of nitrogens with one attached hydrogen (secondary N) is 1. The van der Waals surface area contributed by atoms with Crippen molar-refractivity contribution in [3.05, 3.63) is 94.7 Å². The van der Waals surface area contributed by atoms with Crippen LogP contribution in [0, 0.1) is 5.92 Å². The van der Waals surface area contributed by atoms with E-state index in [-0.39, 0.29) is 29.9 Å². The summed E-state index contributed by atoms with van der Waals surface area (Å²) in [7, 11) is 4.53. The first-order chi connectivity index (χ1) is 19.9. The van der Waals surface area contributed by atoms with E-state index in [1.807, 2.05) is 54.6 Å². The fraction of sp³-hybridized carbons (Fsp3) is 0.303. The normalized spacial score (nSPS) is 19.9. The van der Waals surface area contributed by atoms with Gasteiger partial charge in [-0.05, 0) is 72.7 Å². The van der Waals surface area contributed by atoms with Crippen LogP contribution in [-0.4, -0.2) is 39.0 Å². The smallest absolute Gasteiger partial charge is 0.337 e. The molecule has 1 amide bonds. The lowest BCUT2D eigenvalue weighted by Crippen LogP contribution is -2.39. The minimum Gasteiger partial charge on any atom is -0.493 e. The van der Waals surface area contributed by atoms with Crippen molar-refractivity contribution in [3.8, 4) is 11.5 Å². The zero-order valence-corrected chi connectivity index (χ0v) is 23.3. The topological polar surface area (TPSA) is 94.2 Å². The fourth-order valence-electron chi connectivity index (χ4n) is 5.94. The van der Waals surface area contributed by atoms with Gasteiger partial charge in [-0.2, -0.15) is 0 Å². The number of fused-ring (bicyclic) bond motifs is 1. The highest BCUT2D eigenvalue weighted by Crippen LogP contribution is 2.49. The summed E-state index contributed by atoms with van der Waals surface area (Å²) in [5, 5.41) is 3.56. The van der Waals surface area contributed by atoms with Crippen LogP contribution in [0.4, 0.5) is 11.4 Å². The Kier molecular flexibility index (Phi) is 6.99. The molecule has 1 fully saturated rings. The van der Waals surface area contributed by atoms with Gasteiger partial charge in [0.1, 0.15) is 0 Å². The van der Waals surface area contributed by atoms with Crippen LogP contribution in [0.1, 0.15) is 59.1 Å². The number of nitrogens with zero attached hydrogens (tertiary/aromatic N) is 1. The zero-order valence-electron chi connectivity index (χ0n) is 23.3. The lowest BCUT2D eigenvalue weighted by Gasteiger charge is -2.35. The molecule has 3 aliphatic rings. The quantitative estimate of drug-likeness (QED) is 0.386. The minimum atomic E-state index is -0.639. The van der Waals surface area contributed by atoms with Crippen molar-refractivity contribution in [3.63, 3.8) is 0 Å². The second-order valence-electron chi connectivity index (χ2n) is 10.7. The summed E-state index contributed by atoms with van der Waals surface area (Å²) in [5.74, 6) is 0.619. The first-order valence-corrected chi connectivity index (χ1v) is 13.8. The van der Waals surface area contributed by atoms with E-state index < -0.39 is 12.0 Å². The fourth-order valence-corrected chi connectivity index (χ4v) is 5.94. The van der Waals surface area contributed by atoms with Crippen molar-refractivity contribution in [2.24, 2.45) is 5.92 Å². The number of anilines is 2. The maximum atomic E-state index is 14.2. The van der Waals surface area contributed by atoms with Gasteiger partial charge in [-0.1, -0.05) is 30.3 Å². The molecule has 1 saturated carbocycles. The second kappa shape index (κ2) is 10.8. The summed E-state index contributed by atoms with van der Waals surface area (Å²) in [4.78, 5) is 42.1. The van der Waals surface area contributed by atoms with Gasteiger partial charge in [-0.15, -0.1) is 0 Å². The first kappa shape index (κ1) is 26.6. The molecule has 210 valence electrons. The zero-order chi connectivity index (χ0) is 28.7. The van der Waals surface area contributed by atoms with Gasteiger partial charge in [0.2, 0.25) is 5.91 Å². The molecule has 8 heteroatoms. The van der Waals surface area contributed by atoms with Crippen LogP contribution >= 0.6 is 0 Å². The molecule has 2 aliphatic carbocycles. The Balaban J connectivity index is 1.49.